The van der Waals surface area contributed by atoms with Crippen LogP contribution in [-0.2, 0) is 9.53 Å². The molecule has 0 saturated heterocycles. The maximum Gasteiger partial charge on any atom is 0.337 e. The van der Waals surface area contributed by atoms with Crippen LogP contribution in [0.25, 0.3) is 0 Å². The third kappa shape index (κ3) is 2.55. The summed E-state index contributed by atoms with van der Waals surface area (Å²) in [6, 6.07) is 7.52. The Kier molecular flexibility index (Phi) is 4.05. The lowest BCUT2D eigenvalue weighted by Crippen LogP contribution is -2.37. The topological polar surface area (TPSA) is 76.2 Å². The molecule has 2 aliphatic carbocycles. The van der Waals surface area contributed by atoms with Crippen molar-refractivity contribution in [1.82, 2.24) is 4.98 Å². The number of rotatable bonds is 3. The highest BCUT2D eigenvalue weighted by Crippen LogP contribution is 2.64. The minimum Gasteiger partial charge on any atom is -0.465 e. The van der Waals surface area contributed by atoms with Gasteiger partial charge in [0.25, 0.3) is 0 Å². The molecule has 2 saturated carbocycles. The van der Waals surface area contributed by atoms with Crippen LogP contribution in [-0.4, -0.2) is 29.6 Å². The molecule has 1 aromatic heterocycles. The summed E-state index contributed by atoms with van der Waals surface area (Å²) >= 11 is 3.08. The van der Waals surface area contributed by atoms with E-state index in [4.69, 9.17) is 4.74 Å². The van der Waals surface area contributed by atoms with Gasteiger partial charge < -0.3 is 14.5 Å². The van der Waals surface area contributed by atoms with Gasteiger partial charge in [-0.1, -0.05) is 23.5 Å². The average molecular weight is 402 g/mol. The van der Waals surface area contributed by atoms with Gasteiger partial charge in [0.05, 0.1) is 17.7 Å². The number of ether oxygens (including phenoxy) is 1. The van der Waals surface area contributed by atoms with Crippen LogP contribution in [0.1, 0.15) is 39.6 Å². The number of H-pyrrole nitrogens is 1. The van der Waals surface area contributed by atoms with E-state index in [-0.39, 0.29) is 22.7 Å². The molecular weight excluding hydrogens is 382 g/mol. The minimum atomic E-state index is -0.355. The van der Waals surface area contributed by atoms with E-state index in [0.717, 1.165) is 34.6 Å². The molecule has 2 fully saturated rings. The van der Waals surface area contributed by atoms with Gasteiger partial charge in [0.2, 0.25) is 0 Å². The summed E-state index contributed by atoms with van der Waals surface area (Å²) in [6.45, 7) is 0. The van der Waals surface area contributed by atoms with Crippen LogP contribution in [0, 0.1) is 23.7 Å². The van der Waals surface area contributed by atoms with Crippen molar-refractivity contribution in [2.45, 2.75) is 29.0 Å². The molecule has 0 spiro atoms. The third-order valence-corrected chi connectivity index (χ3v) is 9.09. The Hall–Kier alpha value is -1.86. The summed E-state index contributed by atoms with van der Waals surface area (Å²) in [7, 11) is 1.37. The highest BCUT2D eigenvalue weighted by molar-refractivity contribution is 8.00. The fraction of sp³-hybridized carbons (Fsp3) is 0.450. The average Bonchev–Trinajstić information content (AvgIpc) is 3.37. The monoisotopic (exact) mass is 401 g/mol. The van der Waals surface area contributed by atoms with E-state index in [2.05, 4.69) is 4.98 Å². The van der Waals surface area contributed by atoms with E-state index >= 15 is 0 Å². The van der Waals surface area contributed by atoms with Gasteiger partial charge in [-0.05, 0) is 48.3 Å². The maximum atomic E-state index is 12.1. The molecule has 5 rings (SSSR count). The van der Waals surface area contributed by atoms with Crippen LogP contribution in [0.15, 0.2) is 34.1 Å². The largest absolute Gasteiger partial charge is 0.465 e. The number of hydrogen-bond donors (Lipinski definition) is 1. The number of benzene rings is 1. The fourth-order valence-corrected chi connectivity index (χ4v) is 8.28. The molecular formula is C20H19NO4S2. The highest BCUT2D eigenvalue weighted by atomic mass is 32.2. The van der Waals surface area contributed by atoms with Crippen molar-refractivity contribution in [2.75, 3.05) is 7.11 Å². The summed E-state index contributed by atoms with van der Waals surface area (Å²) in [4.78, 5) is 39.5. The zero-order valence-electron chi connectivity index (χ0n) is 14.7. The number of aromatic amines is 1. The smallest absolute Gasteiger partial charge is 0.337 e. The molecule has 1 aliphatic heterocycles. The van der Waals surface area contributed by atoms with Crippen LogP contribution in [0.3, 0.4) is 0 Å². The molecule has 0 unspecified atom stereocenters. The number of esters is 1. The highest BCUT2D eigenvalue weighted by Gasteiger charge is 2.58. The lowest BCUT2D eigenvalue weighted by molar-refractivity contribution is -0.113. The molecule has 3 aliphatic rings. The van der Waals surface area contributed by atoms with Crippen LogP contribution in [0.5, 0.6) is 0 Å². The van der Waals surface area contributed by atoms with Gasteiger partial charge in [0.1, 0.15) is 6.29 Å². The first-order valence-corrected chi connectivity index (χ1v) is 10.8. The van der Waals surface area contributed by atoms with E-state index in [1.54, 1.807) is 23.9 Å². The second-order valence-corrected chi connectivity index (χ2v) is 9.86. The zero-order valence-corrected chi connectivity index (χ0v) is 16.3. The van der Waals surface area contributed by atoms with E-state index in [9.17, 15) is 14.4 Å². The number of carbonyl (C=O) groups excluding carboxylic acids is 2. The third-order valence-electron chi connectivity index (χ3n) is 6.47. The fourth-order valence-electron chi connectivity index (χ4n) is 5.43. The van der Waals surface area contributed by atoms with Crippen LogP contribution in [0.2, 0.25) is 0 Å². The summed E-state index contributed by atoms with van der Waals surface area (Å²) in [5.41, 5.74) is 1.62. The Morgan fingerprint density at radius 3 is 2.74 bits per heavy atom. The van der Waals surface area contributed by atoms with Gasteiger partial charge >= 0.3 is 10.8 Å². The Balaban J connectivity index is 1.60. The molecule has 140 valence electrons. The molecule has 1 aromatic carbocycles. The molecule has 27 heavy (non-hydrogen) atoms. The lowest BCUT2D eigenvalue weighted by Gasteiger charge is -2.41. The quantitative estimate of drug-likeness (QED) is 0.631. The molecule has 0 radical (unpaired) electrons. The number of methoxy groups -OCH3 is 1. The van der Waals surface area contributed by atoms with Gasteiger partial charge in [-0.2, -0.15) is 0 Å². The number of aromatic nitrogens is 1. The van der Waals surface area contributed by atoms with Crippen molar-refractivity contribution in [2.24, 2.45) is 23.7 Å². The molecule has 2 heterocycles. The SMILES string of the molecule is COC(=O)c1ccc([C@H]2c3sc(=O)[nH]c3S[C@H]3[C@@H]4C[C@H]([C@@H]23)[C@@H](C=O)C4)cc1. The first kappa shape index (κ1) is 17.3. The van der Waals surface area contributed by atoms with Gasteiger partial charge in [0, 0.05) is 22.0 Å². The molecule has 2 bridgehead atoms. The van der Waals surface area contributed by atoms with Gasteiger partial charge in [0.15, 0.2) is 0 Å². The minimum absolute atomic E-state index is 0.0251. The van der Waals surface area contributed by atoms with Crippen LogP contribution in [0.4, 0.5) is 0 Å². The first-order chi connectivity index (χ1) is 13.1. The number of fused-ring (bicyclic) bond motifs is 6. The number of thiazole rings is 1. The molecule has 6 atom stereocenters. The lowest BCUT2D eigenvalue weighted by atomic mass is 9.71. The van der Waals surface area contributed by atoms with Gasteiger partial charge in [-0.3, -0.25) is 4.79 Å². The Labute approximate surface area is 164 Å². The van der Waals surface area contributed by atoms with Crippen molar-refractivity contribution in [3.05, 3.63) is 49.9 Å². The zero-order chi connectivity index (χ0) is 18.7. The van der Waals surface area contributed by atoms with E-state index in [1.165, 1.54) is 18.4 Å². The molecule has 2 aromatic rings. The number of hydrogen-bond acceptors (Lipinski definition) is 6. The van der Waals surface area contributed by atoms with E-state index < -0.39 is 0 Å². The van der Waals surface area contributed by atoms with Crippen molar-refractivity contribution in [3.63, 3.8) is 0 Å². The molecule has 1 N–H and O–H groups in total. The number of thioether (sulfide) groups is 1. The maximum absolute atomic E-state index is 12.1. The predicted molar refractivity (Wildman–Crippen MR) is 103 cm³/mol. The van der Waals surface area contributed by atoms with Crippen molar-refractivity contribution in [1.29, 1.82) is 0 Å². The van der Waals surface area contributed by atoms with E-state index in [1.807, 2.05) is 12.1 Å². The van der Waals surface area contributed by atoms with Crippen molar-refractivity contribution >= 4 is 35.4 Å². The van der Waals surface area contributed by atoms with Crippen LogP contribution < -0.4 is 4.87 Å². The van der Waals surface area contributed by atoms with E-state index in [0.29, 0.717) is 28.6 Å². The van der Waals surface area contributed by atoms with Crippen LogP contribution >= 0.6 is 23.1 Å². The second-order valence-electron chi connectivity index (χ2n) is 7.65. The van der Waals surface area contributed by atoms with Gasteiger partial charge in [-0.25, -0.2) is 4.79 Å². The summed E-state index contributed by atoms with van der Waals surface area (Å²) in [5.74, 6) is 1.14. The molecule has 0 amide bonds. The standard InChI is InChI=1S/C20H19NO4S2/c1-25-19(23)10-4-2-9(3-5-10)14-15-13-7-11(6-12(13)8-22)16(15)26-18-17(14)27-20(24)21-18/h2-5,8,11-16H,6-7H2,1H3,(H,21,24)/t11-,12+,13-,14+,15-,16-/m0/s1. The molecule has 5 nitrogen and oxygen atoms in total. The second kappa shape index (κ2) is 6.34. The Morgan fingerprint density at radius 1 is 1.26 bits per heavy atom. The number of nitrogens with one attached hydrogen (secondary N) is 1. The van der Waals surface area contributed by atoms with Crippen molar-refractivity contribution in [3.8, 4) is 0 Å². The predicted octanol–water partition coefficient (Wildman–Crippen LogP) is 3.30. The first-order valence-electron chi connectivity index (χ1n) is 9.14. The summed E-state index contributed by atoms with van der Waals surface area (Å²) in [6.07, 6.45) is 3.21. The number of carbonyl (C=O) groups is 2. The normalized spacial score (nSPS) is 33.4. The number of aldehydes is 1. The Bertz CT molecular complexity index is 963. The summed E-state index contributed by atoms with van der Waals surface area (Å²) < 4.78 is 4.79. The van der Waals surface area contributed by atoms with Crippen molar-refractivity contribution < 1.29 is 14.3 Å². The molecule has 7 heteroatoms. The summed E-state index contributed by atoms with van der Waals surface area (Å²) in [5, 5.41) is 1.43. The Morgan fingerprint density at radius 2 is 2.04 bits per heavy atom. The van der Waals surface area contributed by atoms with Gasteiger partial charge in [-0.15, -0.1) is 11.8 Å².